The van der Waals surface area contributed by atoms with Gasteiger partial charge in [-0.1, -0.05) is 30.7 Å². The van der Waals surface area contributed by atoms with E-state index in [1.807, 2.05) is 6.92 Å². The van der Waals surface area contributed by atoms with E-state index in [-0.39, 0.29) is 10.9 Å². The summed E-state index contributed by atoms with van der Waals surface area (Å²) in [6.07, 6.45) is 3.97. The van der Waals surface area contributed by atoms with Gasteiger partial charge in [0, 0.05) is 11.5 Å². The second-order valence-electron chi connectivity index (χ2n) is 5.66. The summed E-state index contributed by atoms with van der Waals surface area (Å²) in [4.78, 5) is -0.110. The molecule has 0 spiro atoms. The number of hydrogen-bond acceptors (Lipinski definition) is 3. The Hall–Kier alpha value is -1.69. The van der Waals surface area contributed by atoms with E-state index in [1.165, 1.54) is 22.9 Å². The molecule has 2 unspecified atom stereocenters. The monoisotopic (exact) mass is 319 g/mol. The van der Waals surface area contributed by atoms with Crippen LogP contribution in [-0.4, -0.2) is 13.4 Å². The number of quaternary nitrogens is 1. The molecule has 4 nitrogen and oxygen atoms in total. The van der Waals surface area contributed by atoms with Gasteiger partial charge in [-0.3, -0.25) is 0 Å². The van der Waals surface area contributed by atoms with E-state index in [4.69, 9.17) is 0 Å². The van der Waals surface area contributed by atoms with E-state index >= 15 is 0 Å². The molecule has 1 heterocycles. The lowest BCUT2D eigenvalue weighted by molar-refractivity contribution is -0.680. The fourth-order valence-corrected chi connectivity index (χ4v) is 3.61. The number of rotatable bonds is 3. The van der Waals surface area contributed by atoms with Gasteiger partial charge < -0.3 is 10.3 Å². The Kier molecular flexibility index (Phi) is 5.01. The molecule has 5 heteroatoms. The Bertz CT molecular complexity index is 780. The topological polar surface area (TPSA) is 61.6 Å². The molecule has 1 N–H and O–H groups in total. The van der Waals surface area contributed by atoms with Gasteiger partial charge in [-0.15, -0.1) is 0 Å². The Morgan fingerprint density at radius 2 is 1.91 bits per heavy atom. The van der Waals surface area contributed by atoms with E-state index in [0.717, 1.165) is 12.0 Å². The van der Waals surface area contributed by atoms with Crippen molar-refractivity contribution in [3.63, 3.8) is 0 Å². The molecular weight excluding hydrogens is 298 g/mol. The predicted molar refractivity (Wildman–Crippen MR) is 89.0 cm³/mol. The first-order chi connectivity index (χ1) is 10.4. The Labute approximate surface area is 132 Å². The molecule has 0 fully saturated rings. The summed E-state index contributed by atoms with van der Waals surface area (Å²) in [6.45, 7) is 7.89. The van der Waals surface area contributed by atoms with E-state index in [9.17, 15) is 13.6 Å². The zero-order valence-electron chi connectivity index (χ0n) is 13.3. The van der Waals surface area contributed by atoms with Gasteiger partial charge in [0.1, 0.15) is 6.20 Å². The number of nitrogens with one attached hydrogen (secondary N) is 1. The molecule has 0 amide bonds. The van der Waals surface area contributed by atoms with Crippen molar-refractivity contribution in [2.75, 3.05) is 0 Å². The molecule has 1 aromatic carbocycles. The summed E-state index contributed by atoms with van der Waals surface area (Å²) in [5.41, 5.74) is 5.01. The number of benzene rings is 1. The summed E-state index contributed by atoms with van der Waals surface area (Å²) in [7, 11) is -2.51. The van der Waals surface area contributed by atoms with Crippen LogP contribution in [-0.2, 0) is 10.3 Å². The summed E-state index contributed by atoms with van der Waals surface area (Å²) < 4.78 is 22.7. The lowest BCUT2D eigenvalue weighted by Crippen LogP contribution is -3.06. The van der Waals surface area contributed by atoms with E-state index in [0.29, 0.717) is 5.57 Å². The maximum atomic E-state index is 11.8. The maximum Gasteiger partial charge on any atom is 0.277 e. The van der Waals surface area contributed by atoms with Crippen LogP contribution >= 0.6 is 0 Å². The molecule has 0 radical (unpaired) electrons. The van der Waals surface area contributed by atoms with Gasteiger partial charge >= 0.3 is 0 Å². The average molecular weight is 319 g/mol. The van der Waals surface area contributed by atoms with Crippen LogP contribution in [0.3, 0.4) is 0 Å². The van der Waals surface area contributed by atoms with E-state index in [1.54, 1.807) is 13.0 Å². The Morgan fingerprint density at radius 3 is 2.50 bits per heavy atom. The van der Waals surface area contributed by atoms with Crippen LogP contribution in [0.2, 0.25) is 0 Å². The third kappa shape index (κ3) is 3.06. The SMILES string of the molecule is CCC(C1=C(C)C(=S(=O)=O)[NH+]([O-])C=C1)c1cc(C)ccc1C. The predicted octanol–water partition coefficient (Wildman–Crippen LogP) is 2.03. The van der Waals surface area contributed by atoms with Crippen molar-refractivity contribution in [1.29, 1.82) is 0 Å². The molecule has 1 aromatic rings. The van der Waals surface area contributed by atoms with E-state index in [2.05, 4.69) is 32.0 Å². The minimum Gasteiger partial charge on any atom is -0.623 e. The van der Waals surface area contributed by atoms with Crippen molar-refractivity contribution in [2.24, 2.45) is 0 Å². The second-order valence-corrected chi connectivity index (χ2v) is 6.54. The fraction of sp³-hybridized carbons (Fsp3) is 0.353. The third-order valence-electron chi connectivity index (χ3n) is 4.17. The van der Waals surface area contributed by atoms with Crippen molar-refractivity contribution in [3.8, 4) is 0 Å². The lowest BCUT2D eigenvalue weighted by atomic mass is 9.82. The first kappa shape index (κ1) is 16.7. The molecule has 0 saturated heterocycles. The minimum atomic E-state index is -2.51. The standard InChI is InChI=1S/C17H21NO3S/c1-5-14(16-10-11(2)6-7-12(16)3)15-8-9-18(19)17(13(15)4)22(20)21/h6-10,14,18H,5H2,1-4H3. The molecule has 0 aliphatic carbocycles. The normalized spacial score (nSPS) is 19.5. The second kappa shape index (κ2) is 6.60. The highest BCUT2D eigenvalue weighted by Gasteiger charge is 2.26. The maximum absolute atomic E-state index is 11.8. The summed E-state index contributed by atoms with van der Waals surface area (Å²) >= 11 is 0. The Morgan fingerprint density at radius 1 is 1.23 bits per heavy atom. The van der Waals surface area contributed by atoms with Gasteiger partial charge in [0.15, 0.2) is 0 Å². The molecule has 0 aromatic heterocycles. The fourth-order valence-electron chi connectivity index (χ4n) is 3.01. The van der Waals surface area contributed by atoms with Gasteiger partial charge in [-0.25, -0.2) is 0 Å². The largest absolute Gasteiger partial charge is 0.623 e. The number of hydroxylamine groups is 2. The van der Waals surface area contributed by atoms with Gasteiger partial charge in [-0.2, -0.15) is 8.42 Å². The zero-order valence-corrected chi connectivity index (χ0v) is 14.1. The summed E-state index contributed by atoms with van der Waals surface area (Å²) in [5.74, 6) is 0.0859. The number of aryl methyl sites for hydroxylation is 2. The highest BCUT2D eigenvalue weighted by Crippen LogP contribution is 2.34. The van der Waals surface area contributed by atoms with Crippen LogP contribution in [0.25, 0.3) is 0 Å². The summed E-state index contributed by atoms with van der Waals surface area (Å²) in [5, 5.41) is 11.4. The smallest absolute Gasteiger partial charge is 0.277 e. The average Bonchev–Trinajstić information content (AvgIpc) is 2.45. The molecule has 0 saturated carbocycles. The lowest BCUT2D eigenvalue weighted by Gasteiger charge is -2.27. The molecular formula is C17H21NO3S. The van der Waals surface area contributed by atoms with Gasteiger partial charge in [0.2, 0.25) is 0 Å². The van der Waals surface area contributed by atoms with Gasteiger partial charge in [0.25, 0.3) is 15.3 Å². The van der Waals surface area contributed by atoms with Gasteiger partial charge in [-0.05, 0) is 50.0 Å². The third-order valence-corrected chi connectivity index (χ3v) is 5.01. The van der Waals surface area contributed by atoms with Crippen LogP contribution in [0.4, 0.5) is 0 Å². The number of allylic oxidation sites excluding steroid dienone is 2. The molecule has 2 atom stereocenters. The van der Waals surface area contributed by atoms with Crippen LogP contribution < -0.4 is 5.06 Å². The molecule has 1 aliphatic heterocycles. The zero-order chi connectivity index (χ0) is 16.4. The molecule has 1 aliphatic rings. The van der Waals surface area contributed by atoms with Gasteiger partial charge in [0.05, 0.1) is 0 Å². The van der Waals surface area contributed by atoms with Crippen molar-refractivity contribution >= 4 is 15.3 Å². The molecule has 118 valence electrons. The van der Waals surface area contributed by atoms with Crippen LogP contribution in [0.5, 0.6) is 0 Å². The van der Waals surface area contributed by atoms with Crippen LogP contribution in [0, 0.1) is 19.1 Å². The van der Waals surface area contributed by atoms with Crippen molar-refractivity contribution in [2.45, 2.75) is 40.0 Å². The van der Waals surface area contributed by atoms with Crippen LogP contribution in [0.1, 0.15) is 42.9 Å². The first-order valence-corrected chi connectivity index (χ1v) is 8.41. The minimum absolute atomic E-state index is 0.0859. The summed E-state index contributed by atoms with van der Waals surface area (Å²) in [6, 6.07) is 6.29. The Balaban J connectivity index is 2.64. The first-order valence-electron chi connectivity index (χ1n) is 7.33. The highest BCUT2D eigenvalue weighted by molar-refractivity contribution is 7.72. The quantitative estimate of drug-likeness (QED) is 0.685. The molecule has 22 heavy (non-hydrogen) atoms. The highest BCUT2D eigenvalue weighted by atomic mass is 32.2. The van der Waals surface area contributed by atoms with E-state index < -0.39 is 15.4 Å². The number of hydrogen-bond donors (Lipinski definition) is 1. The van der Waals surface area contributed by atoms with Crippen molar-refractivity contribution in [3.05, 3.63) is 63.5 Å². The van der Waals surface area contributed by atoms with Crippen LogP contribution in [0.15, 0.2) is 41.6 Å². The van der Waals surface area contributed by atoms with Crippen molar-refractivity contribution < 1.29 is 13.5 Å². The molecule has 0 bridgehead atoms. The van der Waals surface area contributed by atoms with Crippen molar-refractivity contribution in [1.82, 2.24) is 0 Å². The molecule has 2 rings (SSSR count).